The molecule has 141 heavy (non-hydrogen) atoms. The number of nitrogens with one attached hydrogen (secondary N) is 3. The third-order valence-corrected chi connectivity index (χ3v) is 33.4. The number of urea groups is 2. The molecule has 2 saturated heterocycles. The first-order valence-electron chi connectivity index (χ1n) is 49.2. The van der Waals surface area contributed by atoms with Crippen molar-refractivity contribution in [2.45, 2.75) is 234 Å². The van der Waals surface area contributed by atoms with E-state index in [0.717, 1.165) is 190 Å². The molecule has 0 unspecified atom stereocenters. The summed E-state index contributed by atoms with van der Waals surface area (Å²) in [5.74, 6) is 0.821. The molecule has 6 N–H and O–H groups in total. The summed E-state index contributed by atoms with van der Waals surface area (Å²) in [6, 6.07) is 51.5. The number of halogens is 3. The van der Waals surface area contributed by atoms with E-state index < -0.39 is 56.1 Å². The SMILES string of the molecule is CCc1cc(O)c(F)cc1-c1ccc2c(-c3nc4c([nH]3)CN(C(=O)N3CC(O)C3)C4)n[nH]c2c1.CCc1cc(OCc2ccccc2)c(F)cc1-c1ccc2c(-c3nc4c(n3COCC[Si](C)(C)C)CN(C(=O)N3CC(O)C3)C4)nn(COCC[Si](C)(C)C)c2c1.CCc1cc(OCc2ccccc2)c(F)cc1-c1ccc2c(-c3nc4c(n3COCC[Si](C)(C)C)CNC4)nn(COCC[Si](C)(C)C)c2c1. The van der Waals surface area contributed by atoms with E-state index in [9.17, 15) is 29.3 Å². The van der Waals surface area contributed by atoms with Crippen molar-refractivity contribution in [3.8, 4) is 85.2 Å². The van der Waals surface area contributed by atoms with Crippen molar-refractivity contribution in [3.63, 3.8) is 0 Å². The number of phenolic OH excluding ortho intramolecular Hbond substituents is 1. The number of phenols is 1. The largest absolute Gasteiger partial charge is 0.505 e. The number of rotatable bonds is 35. The lowest BCUT2D eigenvalue weighted by Crippen LogP contribution is -2.56. The molecule has 5 aliphatic rings. The lowest BCUT2D eigenvalue weighted by atomic mass is 9.96. The lowest BCUT2D eigenvalue weighted by Gasteiger charge is -2.38. The van der Waals surface area contributed by atoms with Crippen LogP contribution < -0.4 is 14.8 Å². The smallest absolute Gasteiger partial charge is 0.320 e. The highest BCUT2D eigenvalue weighted by molar-refractivity contribution is 6.77. The number of amides is 4. The van der Waals surface area contributed by atoms with Crippen LogP contribution in [0.4, 0.5) is 22.8 Å². The number of H-pyrrole nitrogens is 2. The van der Waals surface area contributed by atoms with Crippen LogP contribution >= 0.6 is 0 Å². The minimum absolute atomic E-state index is 0.0897. The second-order valence-corrected chi connectivity index (χ2v) is 64.8. The van der Waals surface area contributed by atoms with Gasteiger partial charge in [-0.3, -0.25) is 5.10 Å². The Balaban J connectivity index is 0.000000150. The maximum absolute atomic E-state index is 15.7. The molecule has 2 fully saturated rings. The Morgan fingerprint density at radius 2 is 0.865 bits per heavy atom. The number of likely N-dealkylation sites (tertiary alicyclic amines) is 2. The summed E-state index contributed by atoms with van der Waals surface area (Å²) in [7, 11) is -5.14. The number of benzene rings is 8. The second kappa shape index (κ2) is 42.7. The monoisotopic (exact) mass is 1990 g/mol. The number of hydrogen-bond acceptors (Lipinski definition) is 18. The molecule has 0 saturated carbocycles. The predicted octanol–water partition coefficient (Wildman–Crippen LogP) is 20.8. The van der Waals surface area contributed by atoms with Crippen molar-refractivity contribution in [2.75, 3.05) is 52.6 Å². The van der Waals surface area contributed by atoms with Gasteiger partial charge < -0.3 is 82.8 Å². The summed E-state index contributed by atoms with van der Waals surface area (Å²) in [4.78, 5) is 50.8. The van der Waals surface area contributed by atoms with Gasteiger partial charge in [-0.1, -0.05) is 178 Å². The van der Waals surface area contributed by atoms with E-state index in [1.54, 1.807) is 31.7 Å². The zero-order valence-electron chi connectivity index (χ0n) is 83.7. The molecular weight excluding hydrogens is 1860 g/mol. The highest BCUT2D eigenvalue weighted by Gasteiger charge is 2.40. The van der Waals surface area contributed by atoms with Crippen LogP contribution in [0.25, 0.3) is 101 Å². The fourth-order valence-electron chi connectivity index (χ4n) is 18.1. The summed E-state index contributed by atoms with van der Waals surface area (Å²) in [5, 5.41) is 53.0. The van der Waals surface area contributed by atoms with Crippen molar-refractivity contribution >= 4 is 77.1 Å². The van der Waals surface area contributed by atoms with Gasteiger partial charge in [0.15, 0.2) is 52.2 Å². The lowest BCUT2D eigenvalue weighted by molar-refractivity contribution is 0.0142. The molecule has 0 spiro atoms. The number of aliphatic hydroxyl groups is 2. The van der Waals surface area contributed by atoms with E-state index in [0.29, 0.717) is 128 Å². The van der Waals surface area contributed by atoms with Gasteiger partial charge in [0.25, 0.3) is 0 Å². The number of β-amino-alcohol motifs (C(OH)–C–C–N with tert-alkyl or cyclic N) is 2. The molecule has 35 heteroatoms. The zero-order valence-corrected chi connectivity index (χ0v) is 87.7. The predicted molar refractivity (Wildman–Crippen MR) is 555 cm³/mol. The van der Waals surface area contributed by atoms with Crippen LogP contribution in [0, 0.1) is 17.5 Å². The average molecular weight is 1990 g/mol. The number of ether oxygens (including phenoxy) is 6. The Hall–Kier alpha value is -11.9. The molecule has 14 aromatic rings. The molecule has 11 heterocycles. The average Bonchev–Trinajstić information content (AvgIpc) is 1.58. The maximum Gasteiger partial charge on any atom is 0.320 e. The third kappa shape index (κ3) is 23.6. The van der Waals surface area contributed by atoms with Crippen LogP contribution in [0.15, 0.2) is 152 Å². The number of carbonyl (C=O) groups is 2. The quantitative estimate of drug-likeness (QED) is 0.0159. The highest BCUT2D eigenvalue weighted by atomic mass is 28.3. The number of aryl methyl sites for hydroxylation is 3. The number of aliphatic hydroxyl groups excluding tert-OH is 2. The van der Waals surface area contributed by atoms with Gasteiger partial charge in [-0.25, -0.2) is 47.1 Å². The molecule has 0 aliphatic carbocycles. The summed E-state index contributed by atoms with van der Waals surface area (Å²) < 4.78 is 90.5. The molecule has 19 rings (SSSR count). The molecule has 0 atom stereocenters. The number of hydrogen-bond donors (Lipinski definition) is 6. The minimum atomic E-state index is -1.33. The van der Waals surface area contributed by atoms with E-state index in [2.05, 4.69) is 151 Å². The van der Waals surface area contributed by atoms with Gasteiger partial charge >= 0.3 is 12.1 Å². The van der Waals surface area contributed by atoms with Crippen LogP contribution in [0.2, 0.25) is 103 Å². The fourth-order valence-corrected chi connectivity index (χ4v) is 21.1. The van der Waals surface area contributed by atoms with Crippen LogP contribution in [0.5, 0.6) is 17.2 Å². The fraction of sp³-hybridized carbons (Fsp3) is 0.415. The Morgan fingerprint density at radius 1 is 0.440 bits per heavy atom. The molecule has 0 radical (unpaired) electrons. The van der Waals surface area contributed by atoms with Gasteiger partial charge in [-0.15, -0.1) is 0 Å². The van der Waals surface area contributed by atoms with Gasteiger partial charge in [-0.2, -0.15) is 15.3 Å². The Kier molecular flexibility index (Phi) is 30.5. The number of aromatic amines is 2. The number of imidazole rings is 3. The van der Waals surface area contributed by atoms with E-state index in [-0.39, 0.29) is 55.2 Å². The molecule has 744 valence electrons. The van der Waals surface area contributed by atoms with Gasteiger partial charge in [-0.05, 0) is 177 Å². The van der Waals surface area contributed by atoms with Crippen LogP contribution in [0.1, 0.15) is 82.8 Å². The van der Waals surface area contributed by atoms with Gasteiger partial charge in [0.1, 0.15) is 57.2 Å². The Labute approximate surface area is 825 Å². The summed E-state index contributed by atoms with van der Waals surface area (Å²) in [6.45, 7) is 43.3. The first-order valence-corrected chi connectivity index (χ1v) is 64.0. The van der Waals surface area contributed by atoms with Crippen LogP contribution in [0.3, 0.4) is 0 Å². The molecule has 6 aromatic heterocycles. The number of aromatic nitrogens is 12. The van der Waals surface area contributed by atoms with E-state index in [4.69, 9.17) is 48.6 Å². The summed E-state index contributed by atoms with van der Waals surface area (Å²) in [6.07, 6.45) is 1.19. The minimum Gasteiger partial charge on any atom is -0.505 e. The van der Waals surface area contributed by atoms with Crippen molar-refractivity contribution in [3.05, 3.63) is 231 Å². The first kappa shape index (κ1) is 101. The maximum atomic E-state index is 15.7. The number of carbonyl (C=O) groups excluding carboxylic acids is 2. The molecule has 4 amide bonds. The number of aromatic hydroxyl groups is 1. The molecule has 28 nitrogen and oxygen atoms in total. The van der Waals surface area contributed by atoms with Crippen molar-refractivity contribution < 1.29 is 66.5 Å². The van der Waals surface area contributed by atoms with Crippen molar-refractivity contribution in [1.82, 2.24) is 83.7 Å². The van der Waals surface area contributed by atoms with Crippen molar-refractivity contribution in [1.29, 1.82) is 0 Å². The standard InChI is InChI=1S/C43H57FN6O5Si2.C39H52FN5O3Si2.C24H23FN6O3/c1-8-31-21-40(55-27-30-12-10-9-11-13-30)36(44)22-35(31)32-14-15-34-38(20-32)50(29-54-17-19-57(5,6)7)46-41(34)42-45-37-25-48(43(52)47-23-33(51)24-47)26-39(37)49(42)28-53-16-18-56(2,3)4;1-8-29-21-37(48-25-28-12-10-9-11-13-28)33(40)22-32(29)30-14-15-31-35(20-30)45(27-47-17-19-50(5,6)7)43-38(31)39-42-34-23-41-24-36(34)44(39)26-46-16-18-49(2,3)4;1-2-12-6-21(33)17(25)7-16(12)13-3-4-15-18(5-13)28-29-22(15)23-26-19-10-31(11-20(19)27-23)24(34)30-8-14(32)9-30/h9-15,20-22,33,51H,8,16-19,23-29H2,1-7H3;9-15,20-22,41H,8,16-19,23-27H2,1-7H3;3-7,14,32-33H,2,8-11H2,1H3,(H,26,27)(H,28,29). The van der Waals surface area contributed by atoms with E-state index in [1.165, 1.54) is 12.1 Å². The van der Waals surface area contributed by atoms with Crippen molar-refractivity contribution in [2.24, 2.45) is 0 Å². The second-order valence-electron chi connectivity index (χ2n) is 42.4. The van der Waals surface area contributed by atoms with Crippen LogP contribution in [-0.2, 0) is 118 Å². The van der Waals surface area contributed by atoms with E-state index in [1.807, 2.05) is 119 Å². The number of nitrogens with zero attached hydrogens (tertiary/aromatic N) is 14. The topological polar surface area (TPSA) is 304 Å². The molecule has 0 bridgehead atoms. The molecular formula is C106H132F3N17O11Si4. The highest BCUT2D eigenvalue weighted by Crippen LogP contribution is 2.43. The van der Waals surface area contributed by atoms with Gasteiger partial charge in [0.05, 0.1) is 115 Å². The summed E-state index contributed by atoms with van der Waals surface area (Å²) in [5.41, 5.74) is 20.2. The first-order chi connectivity index (χ1) is 67.5. The Bertz CT molecular complexity index is 6820. The van der Waals surface area contributed by atoms with Crippen LogP contribution in [-0.4, -0.2) is 203 Å². The molecule has 8 aromatic carbocycles. The van der Waals surface area contributed by atoms with Gasteiger partial charge in [0, 0.05) is 88.0 Å². The Morgan fingerprint density at radius 3 is 1.33 bits per heavy atom. The summed E-state index contributed by atoms with van der Waals surface area (Å²) >= 11 is 0. The normalized spacial score (nSPS) is 14.5. The molecule has 5 aliphatic heterocycles. The van der Waals surface area contributed by atoms with Gasteiger partial charge in [0.2, 0.25) is 0 Å². The number of fused-ring (bicyclic) bond motifs is 6. The van der Waals surface area contributed by atoms with E-state index >= 15 is 8.78 Å². The zero-order chi connectivity index (χ0) is 99.5. The third-order valence-electron chi connectivity index (χ3n) is 26.5.